The summed E-state index contributed by atoms with van der Waals surface area (Å²) in [5, 5.41) is 0. The Kier molecular flexibility index (Phi) is 5.21. The molecule has 0 N–H and O–H groups in total. The molecule has 1 aromatic rings. The van der Waals surface area contributed by atoms with Gasteiger partial charge in [0.15, 0.2) is 0 Å². The van der Waals surface area contributed by atoms with Crippen LogP contribution in [0, 0.1) is 5.41 Å². The Labute approximate surface area is 152 Å². The van der Waals surface area contributed by atoms with Crippen LogP contribution in [0.5, 0.6) is 0 Å². The highest BCUT2D eigenvalue weighted by molar-refractivity contribution is 5.99. The monoisotopic (exact) mass is 340 g/mol. The third-order valence-corrected chi connectivity index (χ3v) is 5.77. The summed E-state index contributed by atoms with van der Waals surface area (Å²) in [5.41, 5.74) is 3.38. The maximum absolute atomic E-state index is 12.9. The van der Waals surface area contributed by atoms with Gasteiger partial charge in [0.25, 0.3) is 0 Å². The van der Waals surface area contributed by atoms with Gasteiger partial charge in [0.2, 0.25) is 5.91 Å². The Balaban J connectivity index is 1.93. The molecule has 2 aliphatic rings. The second kappa shape index (κ2) is 7.23. The molecule has 0 saturated heterocycles. The predicted molar refractivity (Wildman–Crippen MR) is 106 cm³/mol. The van der Waals surface area contributed by atoms with Crippen LogP contribution >= 0.6 is 0 Å². The molecule has 0 unspecified atom stereocenters. The summed E-state index contributed by atoms with van der Waals surface area (Å²) in [4.78, 5) is 17.4. The molecule has 1 saturated carbocycles. The fourth-order valence-corrected chi connectivity index (χ4v) is 3.91. The van der Waals surface area contributed by atoms with Gasteiger partial charge in [-0.05, 0) is 30.4 Å². The first-order chi connectivity index (χ1) is 11.9. The SMILES string of the molecule is C=C(CN1C(=O)CCN(C2CCCCC2)c2ccccc21)C(C)(C)C. The van der Waals surface area contributed by atoms with Crippen molar-refractivity contribution in [2.24, 2.45) is 5.41 Å². The Bertz CT molecular complexity index is 638. The Morgan fingerprint density at radius 3 is 2.40 bits per heavy atom. The molecule has 3 rings (SSSR count). The third kappa shape index (κ3) is 3.91. The van der Waals surface area contributed by atoms with Gasteiger partial charge in [0.05, 0.1) is 11.4 Å². The average Bonchev–Trinajstić information content (AvgIpc) is 2.73. The minimum atomic E-state index is 0.00455. The number of para-hydroxylation sites is 2. The summed E-state index contributed by atoms with van der Waals surface area (Å²) in [6.07, 6.45) is 7.04. The lowest BCUT2D eigenvalue weighted by Gasteiger charge is -2.36. The van der Waals surface area contributed by atoms with Crippen LogP contribution in [0.4, 0.5) is 11.4 Å². The van der Waals surface area contributed by atoms with Crippen LogP contribution in [0.3, 0.4) is 0 Å². The van der Waals surface area contributed by atoms with Gasteiger partial charge < -0.3 is 9.80 Å². The van der Waals surface area contributed by atoms with Gasteiger partial charge in [-0.1, -0.05) is 64.3 Å². The zero-order valence-electron chi connectivity index (χ0n) is 16.1. The van der Waals surface area contributed by atoms with E-state index in [1.165, 1.54) is 37.8 Å². The van der Waals surface area contributed by atoms with Gasteiger partial charge >= 0.3 is 0 Å². The van der Waals surface area contributed by atoms with Crippen LogP contribution in [0.2, 0.25) is 0 Å². The molecular weight excluding hydrogens is 308 g/mol. The van der Waals surface area contributed by atoms with Gasteiger partial charge in [-0.3, -0.25) is 4.79 Å². The van der Waals surface area contributed by atoms with Crippen molar-refractivity contribution in [3.8, 4) is 0 Å². The summed E-state index contributed by atoms with van der Waals surface area (Å²) in [6.45, 7) is 12.2. The van der Waals surface area contributed by atoms with Gasteiger partial charge in [0.1, 0.15) is 0 Å². The number of carbonyl (C=O) groups excluding carboxylic acids is 1. The van der Waals surface area contributed by atoms with Crippen LogP contribution in [-0.4, -0.2) is 25.0 Å². The average molecular weight is 341 g/mol. The first-order valence-electron chi connectivity index (χ1n) is 9.72. The van der Waals surface area contributed by atoms with Crippen molar-refractivity contribution >= 4 is 17.3 Å². The Hall–Kier alpha value is -1.77. The number of benzene rings is 1. The largest absolute Gasteiger partial charge is 0.366 e. The quantitative estimate of drug-likeness (QED) is 0.709. The van der Waals surface area contributed by atoms with E-state index in [2.05, 4.69) is 50.4 Å². The van der Waals surface area contributed by atoms with Gasteiger partial charge in [-0.2, -0.15) is 0 Å². The number of hydrogen-bond donors (Lipinski definition) is 0. The van der Waals surface area contributed by atoms with Crippen molar-refractivity contribution < 1.29 is 4.79 Å². The van der Waals surface area contributed by atoms with E-state index in [9.17, 15) is 4.79 Å². The molecule has 3 heteroatoms. The minimum Gasteiger partial charge on any atom is -0.366 e. The molecule has 1 fully saturated rings. The summed E-state index contributed by atoms with van der Waals surface area (Å²) >= 11 is 0. The molecule has 0 atom stereocenters. The smallest absolute Gasteiger partial charge is 0.229 e. The Morgan fingerprint density at radius 1 is 1.12 bits per heavy atom. The van der Waals surface area contributed by atoms with Crippen molar-refractivity contribution in [1.82, 2.24) is 0 Å². The highest BCUT2D eigenvalue weighted by Gasteiger charge is 2.31. The predicted octanol–water partition coefficient (Wildman–Crippen LogP) is 5.16. The molecule has 25 heavy (non-hydrogen) atoms. The molecule has 1 aliphatic heterocycles. The van der Waals surface area contributed by atoms with Gasteiger partial charge in [-0.15, -0.1) is 0 Å². The van der Waals surface area contributed by atoms with Crippen LogP contribution < -0.4 is 9.80 Å². The van der Waals surface area contributed by atoms with E-state index >= 15 is 0 Å². The van der Waals surface area contributed by atoms with E-state index in [0.29, 0.717) is 19.0 Å². The highest BCUT2D eigenvalue weighted by Crippen LogP contribution is 2.38. The second-order valence-electron chi connectivity index (χ2n) is 8.56. The number of rotatable bonds is 3. The standard InChI is InChI=1S/C22H32N2O/c1-17(22(2,3)4)16-24-20-13-9-8-12-19(20)23(15-14-21(24)25)18-10-6-5-7-11-18/h8-9,12-13,18H,1,5-7,10-11,14-16H2,2-4H3. The number of carbonyl (C=O) groups is 1. The molecule has 0 aromatic heterocycles. The number of anilines is 2. The van der Waals surface area contributed by atoms with E-state index in [1.54, 1.807) is 0 Å². The third-order valence-electron chi connectivity index (χ3n) is 5.77. The maximum atomic E-state index is 12.9. The van der Waals surface area contributed by atoms with Crippen LogP contribution in [0.25, 0.3) is 0 Å². The summed E-state index contributed by atoms with van der Waals surface area (Å²) in [6, 6.07) is 9.01. The van der Waals surface area contributed by atoms with Crippen LogP contribution in [0.1, 0.15) is 59.3 Å². The van der Waals surface area contributed by atoms with Crippen LogP contribution in [-0.2, 0) is 4.79 Å². The zero-order chi connectivity index (χ0) is 18.0. The molecule has 1 aliphatic carbocycles. The van der Waals surface area contributed by atoms with Crippen molar-refractivity contribution in [1.29, 1.82) is 0 Å². The molecule has 1 aromatic carbocycles. The lowest BCUT2D eigenvalue weighted by Crippen LogP contribution is -2.37. The fourth-order valence-electron chi connectivity index (χ4n) is 3.91. The number of nitrogens with zero attached hydrogens (tertiary/aromatic N) is 2. The highest BCUT2D eigenvalue weighted by atomic mass is 16.2. The topological polar surface area (TPSA) is 23.6 Å². The van der Waals surface area contributed by atoms with Gasteiger partial charge in [-0.25, -0.2) is 0 Å². The molecular formula is C22H32N2O. The van der Waals surface area contributed by atoms with Crippen molar-refractivity contribution in [3.63, 3.8) is 0 Å². The normalized spacial score (nSPS) is 19.6. The van der Waals surface area contributed by atoms with E-state index in [1.807, 2.05) is 11.0 Å². The van der Waals surface area contributed by atoms with E-state index in [-0.39, 0.29) is 11.3 Å². The molecule has 0 spiro atoms. The van der Waals surface area contributed by atoms with Gasteiger partial charge in [0, 0.05) is 25.6 Å². The Morgan fingerprint density at radius 2 is 1.76 bits per heavy atom. The molecule has 0 radical (unpaired) electrons. The lowest BCUT2D eigenvalue weighted by molar-refractivity contribution is -0.118. The van der Waals surface area contributed by atoms with Crippen LogP contribution in [0.15, 0.2) is 36.4 Å². The van der Waals surface area contributed by atoms with E-state index in [0.717, 1.165) is 17.8 Å². The number of hydrogen-bond acceptors (Lipinski definition) is 2. The van der Waals surface area contributed by atoms with E-state index in [4.69, 9.17) is 0 Å². The van der Waals surface area contributed by atoms with Crippen molar-refractivity contribution in [2.75, 3.05) is 22.9 Å². The molecule has 1 amide bonds. The minimum absolute atomic E-state index is 0.00455. The fraction of sp³-hybridized carbons (Fsp3) is 0.591. The zero-order valence-corrected chi connectivity index (χ0v) is 16.1. The molecule has 136 valence electrons. The molecule has 3 nitrogen and oxygen atoms in total. The summed E-state index contributed by atoms with van der Waals surface area (Å²) in [5.74, 6) is 0.219. The van der Waals surface area contributed by atoms with Crippen molar-refractivity contribution in [3.05, 3.63) is 36.4 Å². The second-order valence-corrected chi connectivity index (χ2v) is 8.56. The summed E-state index contributed by atoms with van der Waals surface area (Å²) < 4.78 is 0. The molecule has 0 bridgehead atoms. The lowest BCUT2D eigenvalue weighted by atomic mass is 9.87. The number of fused-ring (bicyclic) bond motifs is 1. The molecule has 1 heterocycles. The summed E-state index contributed by atoms with van der Waals surface area (Å²) in [7, 11) is 0. The maximum Gasteiger partial charge on any atom is 0.229 e. The first-order valence-corrected chi connectivity index (χ1v) is 9.72. The number of amides is 1. The first kappa shape index (κ1) is 18.0. The van der Waals surface area contributed by atoms with E-state index < -0.39 is 0 Å². The van der Waals surface area contributed by atoms with Crippen molar-refractivity contribution in [2.45, 2.75) is 65.3 Å².